The SMILES string of the molecule is Cc1ccc(Cn2cc(NS(C)(=O)=O)cn2)cc1. The first-order valence-corrected chi connectivity index (χ1v) is 7.37. The molecule has 6 heteroatoms. The van der Waals surface area contributed by atoms with Gasteiger partial charge in [-0.1, -0.05) is 29.8 Å². The van der Waals surface area contributed by atoms with Crippen LogP contribution in [-0.2, 0) is 16.6 Å². The normalized spacial score (nSPS) is 11.4. The molecular formula is C12H15N3O2S. The third kappa shape index (κ3) is 3.59. The van der Waals surface area contributed by atoms with E-state index in [1.165, 1.54) is 11.8 Å². The highest BCUT2D eigenvalue weighted by Crippen LogP contribution is 2.09. The van der Waals surface area contributed by atoms with Crippen LogP contribution in [-0.4, -0.2) is 24.5 Å². The summed E-state index contributed by atoms with van der Waals surface area (Å²) in [5.41, 5.74) is 2.80. The van der Waals surface area contributed by atoms with E-state index < -0.39 is 10.0 Å². The van der Waals surface area contributed by atoms with Gasteiger partial charge in [-0.25, -0.2) is 8.42 Å². The molecule has 2 aromatic rings. The zero-order chi connectivity index (χ0) is 13.2. The van der Waals surface area contributed by atoms with Crippen LogP contribution in [0.15, 0.2) is 36.7 Å². The summed E-state index contributed by atoms with van der Waals surface area (Å²) in [5.74, 6) is 0. The van der Waals surface area contributed by atoms with Crippen molar-refractivity contribution in [3.63, 3.8) is 0 Å². The van der Waals surface area contributed by atoms with E-state index in [0.29, 0.717) is 12.2 Å². The van der Waals surface area contributed by atoms with Gasteiger partial charge in [0.1, 0.15) is 0 Å². The Morgan fingerprint density at radius 1 is 1.28 bits per heavy atom. The number of hydrogen-bond acceptors (Lipinski definition) is 3. The van der Waals surface area contributed by atoms with Gasteiger partial charge in [0.05, 0.1) is 24.7 Å². The highest BCUT2D eigenvalue weighted by Gasteiger charge is 2.04. The standard InChI is InChI=1S/C12H15N3O2S/c1-10-3-5-11(6-4-10)8-15-9-12(7-13-15)14-18(2,16)17/h3-7,9,14H,8H2,1-2H3. The predicted octanol–water partition coefficient (Wildman–Crippen LogP) is 1.61. The van der Waals surface area contributed by atoms with Gasteiger partial charge in [-0.2, -0.15) is 5.10 Å². The molecule has 0 saturated heterocycles. The van der Waals surface area contributed by atoms with Crippen molar-refractivity contribution in [3.8, 4) is 0 Å². The first-order valence-electron chi connectivity index (χ1n) is 5.48. The second-order valence-corrected chi connectivity index (χ2v) is 6.03. The lowest BCUT2D eigenvalue weighted by atomic mass is 10.1. The van der Waals surface area contributed by atoms with E-state index in [2.05, 4.69) is 9.82 Å². The second-order valence-electron chi connectivity index (χ2n) is 4.29. The highest BCUT2D eigenvalue weighted by atomic mass is 32.2. The summed E-state index contributed by atoms with van der Waals surface area (Å²) in [6, 6.07) is 8.13. The van der Waals surface area contributed by atoms with Crippen molar-refractivity contribution in [1.29, 1.82) is 0 Å². The number of sulfonamides is 1. The number of aryl methyl sites for hydroxylation is 1. The van der Waals surface area contributed by atoms with Crippen molar-refractivity contribution >= 4 is 15.7 Å². The van der Waals surface area contributed by atoms with Crippen LogP contribution in [0.2, 0.25) is 0 Å². The van der Waals surface area contributed by atoms with Crippen molar-refractivity contribution in [2.75, 3.05) is 11.0 Å². The van der Waals surface area contributed by atoms with Gasteiger partial charge in [0.25, 0.3) is 0 Å². The smallest absolute Gasteiger partial charge is 0.229 e. The average Bonchev–Trinajstić information content (AvgIpc) is 2.66. The van der Waals surface area contributed by atoms with Crippen molar-refractivity contribution in [2.45, 2.75) is 13.5 Å². The quantitative estimate of drug-likeness (QED) is 0.913. The number of anilines is 1. The number of nitrogens with one attached hydrogen (secondary N) is 1. The van der Waals surface area contributed by atoms with E-state index in [-0.39, 0.29) is 0 Å². The molecule has 1 aromatic heterocycles. The second kappa shape index (κ2) is 4.81. The van der Waals surface area contributed by atoms with E-state index >= 15 is 0 Å². The Morgan fingerprint density at radius 3 is 2.56 bits per heavy atom. The molecular weight excluding hydrogens is 250 g/mol. The lowest BCUT2D eigenvalue weighted by Gasteiger charge is -2.02. The summed E-state index contributed by atoms with van der Waals surface area (Å²) in [5, 5.41) is 4.11. The van der Waals surface area contributed by atoms with E-state index in [1.54, 1.807) is 10.9 Å². The Morgan fingerprint density at radius 2 is 1.94 bits per heavy atom. The zero-order valence-electron chi connectivity index (χ0n) is 10.3. The minimum Gasteiger partial charge on any atom is -0.281 e. The first-order chi connectivity index (χ1) is 8.42. The summed E-state index contributed by atoms with van der Waals surface area (Å²) in [7, 11) is -3.25. The van der Waals surface area contributed by atoms with Crippen LogP contribution in [0.1, 0.15) is 11.1 Å². The molecule has 0 unspecified atom stereocenters. The number of aromatic nitrogens is 2. The molecule has 0 atom stereocenters. The van der Waals surface area contributed by atoms with E-state index in [9.17, 15) is 8.42 Å². The maximum Gasteiger partial charge on any atom is 0.229 e. The van der Waals surface area contributed by atoms with Gasteiger partial charge in [0.2, 0.25) is 10.0 Å². The van der Waals surface area contributed by atoms with Gasteiger partial charge in [-0.05, 0) is 12.5 Å². The van der Waals surface area contributed by atoms with Crippen LogP contribution in [0.4, 0.5) is 5.69 Å². The molecule has 0 bridgehead atoms. The fraction of sp³-hybridized carbons (Fsp3) is 0.250. The summed E-state index contributed by atoms with van der Waals surface area (Å²) >= 11 is 0. The van der Waals surface area contributed by atoms with Crippen molar-refractivity contribution in [2.24, 2.45) is 0 Å². The largest absolute Gasteiger partial charge is 0.281 e. The molecule has 0 radical (unpaired) electrons. The number of hydrogen-bond donors (Lipinski definition) is 1. The maximum atomic E-state index is 11.1. The number of nitrogens with zero attached hydrogens (tertiary/aromatic N) is 2. The lowest BCUT2D eigenvalue weighted by Crippen LogP contribution is -2.08. The zero-order valence-corrected chi connectivity index (χ0v) is 11.1. The Kier molecular flexibility index (Phi) is 3.38. The Bertz CT molecular complexity index is 630. The molecule has 1 N–H and O–H groups in total. The van der Waals surface area contributed by atoms with Crippen LogP contribution < -0.4 is 4.72 Å². The highest BCUT2D eigenvalue weighted by molar-refractivity contribution is 7.92. The molecule has 18 heavy (non-hydrogen) atoms. The maximum absolute atomic E-state index is 11.1. The molecule has 96 valence electrons. The fourth-order valence-corrected chi connectivity index (χ4v) is 2.13. The van der Waals surface area contributed by atoms with Gasteiger partial charge in [-0.15, -0.1) is 0 Å². The van der Waals surface area contributed by atoms with Gasteiger partial charge < -0.3 is 0 Å². The molecule has 1 aromatic carbocycles. The first kappa shape index (κ1) is 12.6. The molecule has 0 aliphatic rings. The van der Waals surface area contributed by atoms with Crippen LogP contribution in [0.25, 0.3) is 0 Å². The molecule has 0 saturated carbocycles. The Balaban J connectivity index is 2.09. The number of rotatable bonds is 4. The Labute approximate surface area is 107 Å². The minimum atomic E-state index is -3.25. The van der Waals surface area contributed by atoms with Crippen molar-refractivity contribution in [3.05, 3.63) is 47.8 Å². The molecule has 0 fully saturated rings. The molecule has 5 nitrogen and oxygen atoms in total. The van der Waals surface area contributed by atoms with Gasteiger partial charge in [0, 0.05) is 6.20 Å². The lowest BCUT2D eigenvalue weighted by molar-refractivity contribution is 0.607. The third-order valence-corrected chi connectivity index (χ3v) is 3.01. The van der Waals surface area contributed by atoms with Crippen LogP contribution in [0.3, 0.4) is 0 Å². The summed E-state index contributed by atoms with van der Waals surface area (Å²) in [6.45, 7) is 2.65. The number of benzene rings is 1. The van der Waals surface area contributed by atoms with E-state index in [0.717, 1.165) is 11.8 Å². The van der Waals surface area contributed by atoms with Crippen LogP contribution in [0.5, 0.6) is 0 Å². The van der Waals surface area contributed by atoms with Crippen LogP contribution in [0, 0.1) is 6.92 Å². The monoisotopic (exact) mass is 265 g/mol. The Hall–Kier alpha value is -1.82. The summed E-state index contributed by atoms with van der Waals surface area (Å²) in [4.78, 5) is 0. The van der Waals surface area contributed by atoms with E-state index in [4.69, 9.17) is 0 Å². The summed E-state index contributed by atoms with van der Waals surface area (Å²) < 4.78 is 26.2. The fourth-order valence-electron chi connectivity index (χ4n) is 1.60. The van der Waals surface area contributed by atoms with Gasteiger partial charge >= 0.3 is 0 Å². The van der Waals surface area contributed by atoms with Gasteiger partial charge in [-0.3, -0.25) is 9.40 Å². The van der Waals surface area contributed by atoms with Crippen molar-refractivity contribution < 1.29 is 8.42 Å². The molecule has 2 rings (SSSR count). The van der Waals surface area contributed by atoms with Gasteiger partial charge in [0.15, 0.2) is 0 Å². The topological polar surface area (TPSA) is 64.0 Å². The predicted molar refractivity (Wildman–Crippen MR) is 71.0 cm³/mol. The molecule has 0 aliphatic heterocycles. The molecule has 1 heterocycles. The summed E-state index contributed by atoms with van der Waals surface area (Å²) in [6.07, 6.45) is 4.28. The molecule has 0 aliphatic carbocycles. The molecule has 0 amide bonds. The van der Waals surface area contributed by atoms with Crippen molar-refractivity contribution in [1.82, 2.24) is 9.78 Å². The van der Waals surface area contributed by atoms with Crippen LogP contribution >= 0.6 is 0 Å². The van der Waals surface area contributed by atoms with E-state index in [1.807, 2.05) is 31.2 Å². The average molecular weight is 265 g/mol. The third-order valence-electron chi connectivity index (χ3n) is 2.40. The molecule has 0 spiro atoms. The minimum absolute atomic E-state index is 0.476.